The molecule has 0 spiro atoms. The number of thioether (sulfide) groups is 1. The molecule has 1 aliphatic carbocycles. The van der Waals surface area contributed by atoms with E-state index in [0.29, 0.717) is 0 Å². The fraction of sp³-hybridized carbons (Fsp3) is 0.214. The Balaban J connectivity index is 1.66. The van der Waals surface area contributed by atoms with Crippen LogP contribution in [0.5, 0.6) is 0 Å². The van der Waals surface area contributed by atoms with E-state index in [0.717, 1.165) is 31.2 Å². The molecule has 19 heavy (non-hydrogen) atoms. The molecule has 0 aliphatic heterocycles. The highest BCUT2D eigenvalue weighted by atomic mass is 32.2. The molecule has 0 unspecified atom stereocenters. The molecule has 1 saturated carbocycles. The molecule has 0 bridgehead atoms. The molecule has 5 heteroatoms. The van der Waals surface area contributed by atoms with Gasteiger partial charge in [-0.3, -0.25) is 0 Å². The first-order valence-corrected chi connectivity index (χ1v) is 7.93. The van der Waals surface area contributed by atoms with Crippen LogP contribution < -0.4 is 0 Å². The van der Waals surface area contributed by atoms with Gasteiger partial charge in [0, 0.05) is 23.2 Å². The van der Waals surface area contributed by atoms with Crippen LogP contribution in [0.1, 0.15) is 12.8 Å². The molecule has 3 aromatic heterocycles. The lowest BCUT2D eigenvalue weighted by Crippen LogP contribution is -1.83. The summed E-state index contributed by atoms with van der Waals surface area (Å²) in [4.78, 5) is 14.4. The number of aromatic nitrogens is 3. The molecule has 94 valence electrons. The van der Waals surface area contributed by atoms with Crippen LogP contribution in [0.3, 0.4) is 0 Å². The smallest absolute Gasteiger partial charge is 0.143 e. The Morgan fingerprint density at radius 2 is 2.11 bits per heavy atom. The molecule has 0 aromatic carbocycles. The fourth-order valence-corrected chi connectivity index (χ4v) is 3.70. The summed E-state index contributed by atoms with van der Waals surface area (Å²) in [6.07, 6.45) is 6.38. The van der Waals surface area contributed by atoms with E-state index < -0.39 is 0 Å². The molecular formula is C14H11N3S2. The lowest BCUT2D eigenvalue weighted by Gasteiger charge is -1.99. The molecule has 0 radical (unpaired) electrons. The largest absolute Gasteiger partial charge is 0.249 e. The minimum atomic E-state index is 0.796. The first kappa shape index (κ1) is 11.4. The van der Waals surface area contributed by atoms with Crippen LogP contribution in [0.15, 0.2) is 41.7 Å². The average molecular weight is 285 g/mol. The molecule has 0 atom stereocenters. The van der Waals surface area contributed by atoms with Crippen molar-refractivity contribution in [1.82, 2.24) is 15.0 Å². The Kier molecular flexibility index (Phi) is 2.74. The fourth-order valence-electron chi connectivity index (χ4n) is 1.83. The second-order valence-corrected chi connectivity index (χ2v) is 6.85. The maximum atomic E-state index is 4.60. The van der Waals surface area contributed by atoms with Crippen LogP contribution in [0.4, 0.5) is 0 Å². The first-order chi connectivity index (χ1) is 9.38. The lowest BCUT2D eigenvalue weighted by atomic mass is 10.3. The third-order valence-corrected chi connectivity index (χ3v) is 5.28. The average Bonchev–Trinajstić information content (AvgIpc) is 3.15. The molecule has 1 aliphatic rings. The van der Waals surface area contributed by atoms with Gasteiger partial charge in [-0.15, -0.1) is 11.8 Å². The zero-order valence-electron chi connectivity index (χ0n) is 10.1. The van der Waals surface area contributed by atoms with Gasteiger partial charge in [0.25, 0.3) is 0 Å². The molecule has 0 N–H and O–H groups in total. The zero-order chi connectivity index (χ0) is 12.7. The maximum absolute atomic E-state index is 4.60. The highest BCUT2D eigenvalue weighted by Gasteiger charge is 2.23. The Morgan fingerprint density at radius 1 is 1.16 bits per heavy atom. The Bertz CT molecular complexity index is 684. The molecule has 3 heterocycles. The van der Waals surface area contributed by atoms with Crippen LogP contribution in [-0.2, 0) is 0 Å². The molecule has 1 fully saturated rings. The van der Waals surface area contributed by atoms with Crippen molar-refractivity contribution in [3.63, 3.8) is 0 Å². The number of fused-ring (bicyclic) bond motifs is 1. The monoisotopic (exact) mass is 285 g/mol. The maximum Gasteiger partial charge on any atom is 0.143 e. The van der Waals surface area contributed by atoms with Crippen molar-refractivity contribution in [2.75, 3.05) is 0 Å². The summed E-state index contributed by atoms with van der Waals surface area (Å²) in [5.41, 5.74) is 2.03. The van der Waals surface area contributed by atoms with Crippen molar-refractivity contribution in [3.8, 4) is 10.6 Å². The highest BCUT2D eigenvalue weighted by Crippen LogP contribution is 2.38. The van der Waals surface area contributed by atoms with Crippen LogP contribution in [0.25, 0.3) is 20.9 Å². The van der Waals surface area contributed by atoms with Crippen LogP contribution >= 0.6 is 23.1 Å². The first-order valence-electron chi connectivity index (χ1n) is 6.23. The number of hydrogen-bond acceptors (Lipinski definition) is 5. The minimum Gasteiger partial charge on any atom is -0.249 e. The zero-order valence-corrected chi connectivity index (χ0v) is 11.7. The van der Waals surface area contributed by atoms with E-state index in [1.807, 2.05) is 30.1 Å². The second kappa shape index (κ2) is 4.58. The van der Waals surface area contributed by atoms with Crippen molar-refractivity contribution in [1.29, 1.82) is 0 Å². The number of nitrogens with zero attached hydrogens (tertiary/aromatic N) is 3. The van der Waals surface area contributed by atoms with Gasteiger partial charge in [-0.05, 0) is 37.1 Å². The SMILES string of the molecule is c1cnc2sc(-c3ccc(SC4CC4)nc3)nc2c1. The van der Waals surface area contributed by atoms with Crippen molar-refractivity contribution >= 4 is 33.4 Å². The van der Waals surface area contributed by atoms with E-state index in [9.17, 15) is 0 Å². The van der Waals surface area contributed by atoms with Gasteiger partial charge in [-0.1, -0.05) is 11.3 Å². The summed E-state index contributed by atoms with van der Waals surface area (Å²) < 4.78 is 0. The molecular weight excluding hydrogens is 274 g/mol. The van der Waals surface area contributed by atoms with E-state index in [1.54, 1.807) is 17.5 Å². The van der Waals surface area contributed by atoms with E-state index in [2.05, 4.69) is 27.1 Å². The third kappa shape index (κ3) is 2.35. The van der Waals surface area contributed by atoms with E-state index in [-0.39, 0.29) is 0 Å². The van der Waals surface area contributed by atoms with Gasteiger partial charge in [0.2, 0.25) is 0 Å². The van der Waals surface area contributed by atoms with E-state index >= 15 is 0 Å². The van der Waals surface area contributed by atoms with Crippen molar-refractivity contribution in [2.45, 2.75) is 23.1 Å². The van der Waals surface area contributed by atoms with Gasteiger partial charge in [0.05, 0.1) is 5.03 Å². The normalized spacial score (nSPS) is 14.9. The topological polar surface area (TPSA) is 38.7 Å². The third-order valence-electron chi connectivity index (χ3n) is 2.96. The lowest BCUT2D eigenvalue weighted by molar-refractivity contribution is 1.13. The molecule has 4 rings (SSSR count). The van der Waals surface area contributed by atoms with Crippen molar-refractivity contribution in [2.24, 2.45) is 0 Å². The summed E-state index contributed by atoms with van der Waals surface area (Å²) in [7, 11) is 0. The Hall–Kier alpha value is -1.46. The predicted molar refractivity (Wildman–Crippen MR) is 79.5 cm³/mol. The van der Waals surface area contributed by atoms with E-state index in [4.69, 9.17) is 0 Å². The van der Waals surface area contributed by atoms with Crippen molar-refractivity contribution < 1.29 is 0 Å². The Morgan fingerprint density at radius 3 is 2.84 bits per heavy atom. The van der Waals surface area contributed by atoms with Gasteiger partial charge in [0.1, 0.15) is 15.4 Å². The number of rotatable bonds is 3. The highest BCUT2D eigenvalue weighted by molar-refractivity contribution is 8.00. The standard InChI is InChI=1S/C14H11N3S2/c1-2-11-14(15-7-1)19-13(17-11)9-3-6-12(16-8-9)18-10-4-5-10/h1-3,6-8,10H,4-5H2. The number of thiazole rings is 1. The number of pyridine rings is 2. The molecule has 0 amide bonds. The predicted octanol–water partition coefficient (Wildman–Crippen LogP) is 4.01. The minimum absolute atomic E-state index is 0.796. The van der Waals surface area contributed by atoms with Gasteiger partial charge in [-0.25, -0.2) is 15.0 Å². The van der Waals surface area contributed by atoms with Gasteiger partial charge < -0.3 is 0 Å². The van der Waals surface area contributed by atoms with Gasteiger partial charge >= 0.3 is 0 Å². The van der Waals surface area contributed by atoms with Gasteiger partial charge in [0.15, 0.2) is 0 Å². The summed E-state index contributed by atoms with van der Waals surface area (Å²) in [5.74, 6) is 0. The van der Waals surface area contributed by atoms with Gasteiger partial charge in [-0.2, -0.15) is 0 Å². The van der Waals surface area contributed by atoms with E-state index in [1.165, 1.54) is 12.8 Å². The van der Waals surface area contributed by atoms with Crippen LogP contribution in [0.2, 0.25) is 0 Å². The molecule has 3 aromatic rings. The molecule has 3 nitrogen and oxygen atoms in total. The number of hydrogen-bond donors (Lipinski definition) is 0. The summed E-state index contributed by atoms with van der Waals surface area (Å²) >= 11 is 3.49. The van der Waals surface area contributed by atoms with Crippen LogP contribution in [0, 0.1) is 0 Å². The summed E-state index contributed by atoms with van der Waals surface area (Å²) in [5, 5.41) is 2.90. The Labute approximate surface area is 119 Å². The molecule has 0 saturated heterocycles. The summed E-state index contributed by atoms with van der Waals surface area (Å²) in [6.45, 7) is 0. The summed E-state index contributed by atoms with van der Waals surface area (Å²) in [6, 6.07) is 8.11. The quantitative estimate of drug-likeness (QED) is 0.729. The second-order valence-electron chi connectivity index (χ2n) is 4.55. The van der Waals surface area contributed by atoms with Crippen molar-refractivity contribution in [3.05, 3.63) is 36.7 Å². The van der Waals surface area contributed by atoms with Crippen LogP contribution in [-0.4, -0.2) is 20.2 Å².